The quantitative estimate of drug-likeness (QED) is 0.442. The monoisotopic (exact) mass is 434 g/mol. The van der Waals surface area contributed by atoms with Crippen LogP contribution in [0, 0.1) is 6.92 Å². The number of imidazole rings is 2. The summed E-state index contributed by atoms with van der Waals surface area (Å²) in [5, 5.41) is 7.67. The molecule has 0 aromatic carbocycles. The number of pyridine rings is 2. The predicted molar refractivity (Wildman–Crippen MR) is 117 cm³/mol. The fourth-order valence-electron chi connectivity index (χ4n) is 3.50. The Bertz CT molecular complexity index is 1430. The number of hydrogen-bond acceptors (Lipinski definition) is 5. The van der Waals surface area contributed by atoms with Gasteiger partial charge < -0.3 is 15.5 Å². The molecule has 0 spiro atoms. The van der Waals surface area contributed by atoms with Crippen LogP contribution in [0.15, 0.2) is 55.4 Å². The lowest BCUT2D eigenvalue weighted by molar-refractivity contribution is 0.0950. The number of carbonyl (C=O) groups is 1. The van der Waals surface area contributed by atoms with Crippen molar-refractivity contribution >= 4 is 34.5 Å². The summed E-state index contributed by atoms with van der Waals surface area (Å²) in [7, 11) is 0. The molecule has 3 N–H and O–H groups in total. The van der Waals surface area contributed by atoms with Crippen LogP contribution in [-0.4, -0.2) is 34.5 Å². The van der Waals surface area contributed by atoms with E-state index in [-0.39, 0.29) is 12.5 Å². The molecule has 0 aliphatic heterocycles. The Balaban J connectivity index is 1.28. The molecule has 5 rings (SSSR count). The number of nitrogens with one attached hydrogen (secondary N) is 1. The largest absolute Gasteiger partial charge is 0.385 e. The van der Waals surface area contributed by atoms with Gasteiger partial charge in [-0.2, -0.15) is 5.10 Å². The predicted octanol–water partition coefficient (Wildman–Crippen LogP) is 2.70. The van der Waals surface area contributed by atoms with Gasteiger partial charge in [-0.05, 0) is 30.7 Å². The molecule has 0 unspecified atom stereocenters. The minimum absolute atomic E-state index is 0.242. The molecule has 0 fully saturated rings. The van der Waals surface area contributed by atoms with Gasteiger partial charge >= 0.3 is 0 Å². The molecule has 10 heteroatoms. The van der Waals surface area contributed by atoms with Crippen molar-refractivity contribution in [2.75, 3.05) is 5.73 Å². The maximum Gasteiger partial charge on any atom is 0.254 e. The maximum atomic E-state index is 12.6. The minimum atomic E-state index is -0.243. The number of nitrogen functional groups attached to an aromatic ring is 1. The fraction of sp³-hybridized carbons (Fsp3) is 0.143. The number of hydrogen-bond donors (Lipinski definition) is 2. The molecule has 0 atom stereocenters. The van der Waals surface area contributed by atoms with E-state index in [0.29, 0.717) is 28.6 Å². The van der Waals surface area contributed by atoms with E-state index < -0.39 is 0 Å². The highest BCUT2D eigenvalue weighted by molar-refractivity contribution is 6.31. The zero-order valence-electron chi connectivity index (χ0n) is 16.7. The molecular formula is C21H19ClN8O. The van der Waals surface area contributed by atoms with Crippen molar-refractivity contribution < 1.29 is 4.79 Å². The number of amides is 1. The van der Waals surface area contributed by atoms with Crippen LogP contribution in [-0.2, 0) is 13.1 Å². The first kappa shape index (κ1) is 19.1. The lowest BCUT2D eigenvalue weighted by Gasteiger charge is -2.04. The average Bonchev–Trinajstić information content (AvgIpc) is 3.44. The number of halogens is 1. The Morgan fingerprint density at radius 3 is 2.97 bits per heavy atom. The van der Waals surface area contributed by atoms with Crippen LogP contribution in [0.5, 0.6) is 0 Å². The summed E-state index contributed by atoms with van der Waals surface area (Å²) in [4.78, 5) is 21.5. The number of anilines is 1. The number of fused-ring (bicyclic) bond motifs is 2. The molecule has 5 aromatic rings. The number of rotatable bonds is 5. The van der Waals surface area contributed by atoms with E-state index in [9.17, 15) is 4.79 Å². The summed E-state index contributed by atoms with van der Waals surface area (Å²) in [6.07, 6.45) is 8.83. The van der Waals surface area contributed by atoms with Crippen LogP contribution < -0.4 is 11.1 Å². The topological polar surface area (TPSA) is 108 Å². The number of carbonyl (C=O) groups excluding carboxylic acids is 1. The highest BCUT2D eigenvalue weighted by Gasteiger charge is 2.13. The van der Waals surface area contributed by atoms with Crippen molar-refractivity contribution in [2.45, 2.75) is 20.0 Å². The van der Waals surface area contributed by atoms with Gasteiger partial charge in [0.05, 0.1) is 41.8 Å². The second-order valence-corrected chi connectivity index (χ2v) is 7.79. The smallest absolute Gasteiger partial charge is 0.254 e. The van der Waals surface area contributed by atoms with Crippen molar-refractivity contribution in [3.8, 4) is 0 Å². The minimum Gasteiger partial charge on any atom is -0.385 e. The standard InChI is InChI=1S/C21H19ClN8O/c1-13-2-3-20-27-16(10-28(20)8-13)11-29-9-14(6-26-29)21(31)24-7-17-18-4-15(22)5-19(23)30(18)12-25-17/h2-6,8-10,12H,7,11,23H2,1H3,(H,24,31). The van der Waals surface area contributed by atoms with E-state index in [1.807, 2.05) is 35.9 Å². The maximum absolute atomic E-state index is 12.6. The third-order valence-electron chi connectivity index (χ3n) is 5.01. The van der Waals surface area contributed by atoms with Gasteiger partial charge in [-0.15, -0.1) is 0 Å². The Morgan fingerprint density at radius 1 is 1.23 bits per heavy atom. The third-order valence-corrected chi connectivity index (χ3v) is 5.23. The van der Waals surface area contributed by atoms with E-state index in [1.165, 1.54) is 6.20 Å². The fourth-order valence-corrected chi connectivity index (χ4v) is 3.72. The summed E-state index contributed by atoms with van der Waals surface area (Å²) in [6.45, 7) is 2.75. The molecule has 156 valence electrons. The van der Waals surface area contributed by atoms with Crippen molar-refractivity contribution in [3.05, 3.63) is 82.9 Å². The highest BCUT2D eigenvalue weighted by Crippen LogP contribution is 2.20. The molecule has 5 aromatic heterocycles. The van der Waals surface area contributed by atoms with Gasteiger partial charge in [-0.1, -0.05) is 17.7 Å². The van der Waals surface area contributed by atoms with Crippen LogP contribution in [0.1, 0.15) is 27.3 Å². The molecule has 0 aliphatic rings. The summed E-state index contributed by atoms with van der Waals surface area (Å²) >= 11 is 6.09. The summed E-state index contributed by atoms with van der Waals surface area (Å²) < 4.78 is 5.40. The van der Waals surface area contributed by atoms with Crippen LogP contribution in [0.25, 0.3) is 11.2 Å². The zero-order chi connectivity index (χ0) is 21.5. The molecule has 1 amide bonds. The van der Waals surface area contributed by atoms with Gasteiger partial charge in [0.25, 0.3) is 5.91 Å². The number of nitrogens with zero attached hydrogens (tertiary/aromatic N) is 6. The summed E-state index contributed by atoms with van der Waals surface area (Å²) in [5.74, 6) is 0.240. The molecule has 9 nitrogen and oxygen atoms in total. The van der Waals surface area contributed by atoms with Gasteiger partial charge in [0.1, 0.15) is 17.8 Å². The van der Waals surface area contributed by atoms with Gasteiger partial charge in [0.15, 0.2) is 0 Å². The zero-order valence-corrected chi connectivity index (χ0v) is 17.4. The van der Waals surface area contributed by atoms with E-state index in [0.717, 1.165) is 22.4 Å². The molecule has 0 saturated carbocycles. The Kier molecular flexibility index (Phi) is 4.59. The van der Waals surface area contributed by atoms with Crippen LogP contribution >= 0.6 is 11.6 Å². The van der Waals surface area contributed by atoms with Crippen LogP contribution in [0.3, 0.4) is 0 Å². The lowest BCUT2D eigenvalue weighted by atomic mass is 10.3. The first-order valence-electron chi connectivity index (χ1n) is 9.62. The molecule has 0 saturated heterocycles. The van der Waals surface area contributed by atoms with Gasteiger partial charge in [-0.25, -0.2) is 9.97 Å². The first-order valence-corrected chi connectivity index (χ1v) is 10.00. The summed E-state index contributed by atoms with van der Waals surface area (Å²) in [5.41, 5.74) is 10.7. The van der Waals surface area contributed by atoms with Gasteiger partial charge in [0.2, 0.25) is 0 Å². The summed E-state index contributed by atoms with van der Waals surface area (Å²) in [6, 6.07) is 7.41. The first-order chi connectivity index (χ1) is 15.0. The number of aromatic nitrogens is 6. The Hall–Kier alpha value is -3.85. The van der Waals surface area contributed by atoms with Crippen LogP contribution in [0.2, 0.25) is 5.02 Å². The molecular weight excluding hydrogens is 416 g/mol. The average molecular weight is 435 g/mol. The van der Waals surface area contributed by atoms with Gasteiger partial charge in [-0.3, -0.25) is 13.9 Å². The van der Waals surface area contributed by atoms with E-state index in [2.05, 4.69) is 20.4 Å². The second-order valence-electron chi connectivity index (χ2n) is 7.36. The third kappa shape index (κ3) is 3.71. The Morgan fingerprint density at radius 2 is 2.10 bits per heavy atom. The number of aryl methyl sites for hydroxylation is 1. The van der Waals surface area contributed by atoms with Crippen molar-refractivity contribution in [3.63, 3.8) is 0 Å². The molecule has 0 aliphatic carbocycles. The van der Waals surface area contributed by atoms with E-state index in [1.54, 1.807) is 33.7 Å². The van der Waals surface area contributed by atoms with Crippen molar-refractivity contribution in [1.29, 1.82) is 0 Å². The Labute approximate surface area is 182 Å². The van der Waals surface area contributed by atoms with Gasteiger partial charge in [0, 0.05) is 23.6 Å². The van der Waals surface area contributed by atoms with E-state index >= 15 is 0 Å². The normalized spacial score (nSPS) is 11.4. The second kappa shape index (κ2) is 7.44. The molecule has 31 heavy (non-hydrogen) atoms. The van der Waals surface area contributed by atoms with Crippen molar-refractivity contribution in [2.24, 2.45) is 0 Å². The SMILES string of the molecule is Cc1ccc2nc(Cn3cc(C(=O)NCc4ncn5c(N)cc(Cl)cc45)cn3)cn2c1. The van der Waals surface area contributed by atoms with Crippen molar-refractivity contribution in [1.82, 2.24) is 33.9 Å². The van der Waals surface area contributed by atoms with Crippen LogP contribution in [0.4, 0.5) is 5.82 Å². The highest BCUT2D eigenvalue weighted by atomic mass is 35.5. The number of nitrogens with two attached hydrogens (primary N) is 1. The molecule has 5 heterocycles. The lowest BCUT2D eigenvalue weighted by Crippen LogP contribution is -2.22. The molecule has 0 bridgehead atoms. The molecule has 0 radical (unpaired) electrons. The van der Waals surface area contributed by atoms with E-state index in [4.69, 9.17) is 17.3 Å².